The molecule has 1 heterocycles. The first-order chi connectivity index (χ1) is 9.16. The van der Waals surface area contributed by atoms with Crippen LogP contribution in [0.25, 0.3) is 0 Å². The molecule has 0 saturated heterocycles. The van der Waals surface area contributed by atoms with Crippen LogP contribution >= 0.6 is 0 Å². The highest BCUT2D eigenvalue weighted by atomic mass is 15.2. The summed E-state index contributed by atoms with van der Waals surface area (Å²) in [4.78, 5) is 6.57. The second-order valence-electron chi connectivity index (χ2n) is 4.89. The molecule has 3 nitrogen and oxygen atoms in total. The van der Waals surface area contributed by atoms with Crippen LogP contribution < -0.4 is 10.6 Å². The molecule has 0 saturated carbocycles. The molecule has 1 aromatic carbocycles. The molecule has 0 unspecified atom stereocenters. The number of rotatable bonds is 5. The Balaban J connectivity index is 2.00. The summed E-state index contributed by atoms with van der Waals surface area (Å²) in [6, 6.07) is 14.6. The van der Waals surface area contributed by atoms with Crippen LogP contribution in [0.5, 0.6) is 0 Å². The Kier molecular flexibility index (Phi) is 4.53. The van der Waals surface area contributed by atoms with Gasteiger partial charge in [0, 0.05) is 25.8 Å². The van der Waals surface area contributed by atoms with E-state index in [4.69, 9.17) is 5.73 Å². The summed E-state index contributed by atoms with van der Waals surface area (Å²) in [6.45, 7) is 2.93. The highest BCUT2D eigenvalue weighted by Gasteiger charge is 2.06. The van der Waals surface area contributed by atoms with E-state index in [9.17, 15) is 0 Å². The highest BCUT2D eigenvalue weighted by Crippen LogP contribution is 2.16. The predicted octanol–water partition coefficient (Wildman–Crippen LogP) is 2.78. The Hall–Kier alpha value is -1.87. The first-order valence-electron chi connectivity index (χ1n) is 6.63. The average Bonchev–Trinajstić information content (AvgIpc) is 2.46. The van der Waals surface area contributed by atoms with Crippen molar-refractivity contribution in [1.82, 2.24) is 4.98 Å². The largest absolute Gasteiger partial charge is 0.359 e. The van der Waals surface area contributed by atoms with Crippen molar-refractivity contribution in [1.29, 1.82) is 0 Å². The maximum absolute atomic E-state index is 5.90. The van der Waals surface area contributed by atoms with Gasteiger partial charge in [0.15, 0.2) is 0 Å². The molecule has 0 aliphatic carbocycles. The summed E-state index contributed by atoms with van der Waals surface area (Å²) in [7, 11) is 2.07. The zero-order valence-corrected chi connectivity index (χ0v) is 11.6. The van der Waals surface area contributed by atoms with Gasteiger partial charge in [0.1, 0.15) is 5.82 Å². The van der Waals surface area contributed by atoms with Gasteiger partial charge in [0.2, 0.25) is 0 Å². The molecule has 0 bridgehead atoms. The van der Waals surface area contributed by atoms with Gasteiger partial charge in [-0.2, -0.15) is 0 Å². The van der Waals surface area contributed by atoms with Crippen LogP contribution in [0.15, 0.2) is 48.7 Å². The van der Waals surface area contributed by atoms with Crippen LogP contribution in [-0.4, -0.2) is 18.6 Å². The lowest BCUT2D eigenvalue weighted by Gasteiger charge is -2.19. The van der Waals surface area contributed by atoms with Crippen LogP contribution in [-0.2, 0) is 6.42 Å². The van der Waals surface area contributed by atoms with E-state index >= 15 is 0 Å². The maximum Gasteiger partial charge on any atom is 0.128 e. The molecule has 0 aliphatic heterocycles. The van der Waals surface area contributed by atoms with Crippen molar-refractivity contribution in [3.8, 4) is 0 Å². The molecular formula is C16H21N3. The minimum Gasteiger partial charge on any atom is -0.359 e. The lowest BCUT2D eigenvalue weighted by atomic mass is 10.1. The Morgan fingerprint density at radius 2 is 1.95 bits per heavy atom. The van der Waals surface area contributed by atoms with Crippen molar-refractivity contribution in [3.63, 3.8) is 0 Å². The van der Waals surface area contributed by atoms with Gasteiger partial charge >= 0.3 is 0 Å². The van der Waals surface area contributed by atoms with Gasteiger partial charge in [-0.3, -0.25) is 0 Å². The topological polar surface area (TPSA) is 42.1 Å². The van der Waals surface area contributed by atoms with Crippen LogP contribution in [0, 0.1) is 0 Å². The Bertz CT molecular complexity index is 508. The van der Waals surface area contributed by atoms with Gasteiger partial charge < -0.3 is 10.6 Å². The first kappa shape index (κ1) is 13.6. The van der Waals surface area contributed by atoms with Crippen LogP contribution in [0.3, 0.4) is 0 Å². The Morgan fingerprint density at radius 3 is 2.63 bits per heavy atom. The molecule has 0 amide bonds. The number of pyridine rings is 1. The molecule has 0 fully saturated rings. The maximum atomic E-state index is 5.90. The van der Waals surface area contributed by atoms with E-state index in [-0.39, 0.29) is 6.04 Å². The molecule has 19 heavy (non-hydrogen) atoms. The third-order valence-electron chi connectivity index (χ3n) is 3.27. The van der Waals surface area contributed by atoms with E-state index in [1.54, 1.807) is 0 Å². The number of anilines is 1. The molecule has 0 spiro atoms. The van der Waals surface area contributed by atoms with E-state index in [2.05, 4.69) is 47.3 Å². The quantitative estimate of drug-likeness (QED) is 0.893. The fraction of sp³-hybridized carbons (Fsp3) is 0.312. The van der Waals surface area contributed by atoms with E-state index in [1.807, 2.05) is 25.3 Å². The monoisotopic (exact) mass is 255 g/mol. The molecule has 3 heteroatoms. The average molecular weight is 255 g/mol. The summed E-state index contributed by atoms with van der Waals surface area (Å²) < 4.78 is 0. The van der Waals surface area contributed by atoms with Crippen molar-refractivity contribution >= 4 is 5.82 Å². The standard InChI is InChI=1S/C16H21N3/c1-13(17)15-8-10-18-16(12-15)19(2)11-9-14-6-4-3-5-7-14/h3-8,10,12-13H,9,11,17H2,1-2H3/t13-/m1/s1. The van der Waals surface area contributed by atoms with Gasteiger partial charge in [-0.05, 0) is 36.6 Å². The predicted molar refractivity (Wildman–Crippen MR) is 80.3 cm³/mol. The summed E-state index contributed by atoms with van der Waals surface area (Å²) in [6.07, 6.45) is 2.84. The van der Waals surface area contributed by atoms with Gasteiger partial charge in [0.05, 0.1) is 0 Å². The second kappa shape index (κ2) is 6.34. The van der Waals surface area contributed by atoms with E-state index in [0.29, 0.717) is 0 Å². The number of benzene rings is 1. The third kappa shape index (κ3) is 3.80. The van der Waals surface area contributed by atoms with Crippen LogP contribution in [0.2, 0.25) is 0 Å². The molecule has 2 rings (SSSR count). The molecule has 0 aliphatic rings. The van der Waals surface area contributed by atoms with Gasteiger partial charge in [-0.25, -0.2) is 4.98 Å². The number of nitrogens with two attached hydrogens (primary N) is 1. The van der Waals surface area contributed by atoms with Gasteiger partial charge in [0.25, 0.3) is 0 Å². The summed E-state index contributed by atoms with van der Waals surface area (Å²) in [5.41, 5.74) is 8.37. The minimum atomic E-state index is 0.0456. The Morgan fingerprint density at radius 1 is 1.21 bits per heavy atom. The van der Waals surface area contributed by atoms with Crippen LogP contribution in [0.4, 0.5) is 5.82 Å². The fourth-order valence-corrected chi connectivity index (χ4v) is 1.98. The zero-order chi connectivity index (χ0) is 13.7. The van der Waals surface area contributed by atoms with Crippen molar-refractivity contribution in [2.24, 2.45) is 5.73 Å². The fourth-order valence-electron chi connectivity index (χ4n) is 1.98. The number of nitrogens with zero attached hydrogens (tertiary/aromatic N) is 2. The third-order valence-corrected chi connectivity index (χ3v) is 3.27. The number of hydrogen-bond acceptors (Lipinski definition) is 3. The summed E-state index contributed by atoms with van der Waals surface area (Å²) in [5, 5.41) is 0. The Labute approximate surface area is 115 Å². The molecule has 1 aromatic heterocycles. The second-order valence-corrected chi connectivity index (χ2v) is 4.89. The van der Waals surface area contributed by atoms with Crippen molar-refractivity contribution in [2.75, 3.05) is 18.5 Å². The minimum absolute atomic E-state index is 0.0456. The first-order valence-corrected chi connectivity index (χ1v) is 6.63. The molecule has 2 aromatic rings. The van der Waals surface area contributed by atoms with E-state index < -0.39 is 0 Å². The normalized spacial score (nSPS) is 12.2. The van der Waals surface area contributed by atoms with Gasteiger partial charge in [-0.15, -0.1) is 0 Å². The molecular weight excluding hydrogens is 234 g/mol. The molecule has 100 valence electrons. The van der Waals surface area contributed by atoms with E-state index in [0.717, 1.165) is 24.3 Å². The highest BCUT2D eigenvalue weighted by molar-refractivity contribution is 5.41. The molecule has 0 radical (unpaired) electrons. The number of aromatic nitrogens is 1. The van der Waals surface area contributed by atoms with Crippen molar-refractivity contribution in [2.45, 2.75) is 19.4 Å². The van der Waals surface area contributed by atoms with Crippen LogP contribution in [0.1, 0.15) is 24.1 Å². The SMILES string of the molecule is C[C@@H](N)c1ccnc(N(C)CCc2ccccc2)c1. The number of hydrogen-bond donors (Lipinski definition) is 1. The summed E-state index contributed by atoms with van der Waals surface area (Å²) in [5.74, 6) is 0.978. The summed E-state index contributed by atoms with van der Waals surface area (Å²) >= 11 is 0. The van der Waals surface area contributed by atoms with Crippen molar-refractivity contribution < 1.29 is 0 Å². The molecule has 2 N–H and O–H groups in total. The van der Waals surface area contributed by atoms with Gasteiger partial charge in [-0.1, -0.05) is 30.3 Å². The lowest BCUT2D eigenvalue weighted by Crippen LogP contribution is -2.21. The molecule has 1 atom stereocenters. The smallest absolute Gasteiger partial charge is 0.128 e. The lowest BCUT2D eigenvalue weighted by molar-refractivity contribution is 0.806. The number of likely N-dealkylation sites (N-methyl/N-ethyl adjacent to an activating group) is 1. The van der Waals surface area contributed by atoms with E-state index in [1.165, 1.54) is 5.56 Å². The van der Waals surface area contributed by atoms with Crippen molar-refractivity contribution in [3.05, 3.63) is 59.8 Å². The zero-order valence-electron chi connectivity index (χ0n) is 11.6.